The summed E-state index contributed by atoms with van der Waals surface area (Å²) in [6, 6.07) is 17.3. The van der Waals surface area contributed by atoms with Crippen molar-refractivity contribution in [3.8, 4) is 5.69 Å². The Labute approximate surface area is 180 Å². The highest BCUT2D eigenvalue weighted by Gasteiger charge is 2.12. The first kappa shape index (κ1) is 19.9. The Morgan fingerprint density at radius 1 is 1.07 bits per heavy atom. The van der Waals surface area contributed by atoms with E-state index in [4.69, 9.17) is 11.6 Å². The lowest BCUT2D eigenvalue weighted by molar-refractivity contribution is 0.0951. The van der Waals surface area contributed by atoms with E-state index in [0.29, 0.717) is 23.7 Å². The normalized spacial score (nSPS) is 10.9. The van der Waals surface area contributed by atoms with Gasteiger partial charge >= 0.3 is 0 Å². The Morgan fingerprint density at radius 3 is 2.63 bits per heavy atom. The molecule has 0 aliphatic rings. The summed E-state index contributed by atoms with van der Waals surface area (Å²) >= 11 is 6.27. The standard InChI is InChI=1S/C23H22ClN5O/c1-16-11-17(2)29(27-16)15-19-6-3-5-18(12-19)14-25-23(30)21-13-20(7-8-22(21)24)28-10-4-9-26-28/h3-13H,14-15H2,1-2H3,(H,25,30). The van der Waals surface area contributed by atoms with Gasteiger partial charge in [0.1, 0.15) is 0 Å². The number of aromatic nitrogens is 4. The lowest BCUT2D eigenvalue weighted by atomic mass is 10.1. The molecule has 6 nitrogen and oxygen atoms in total. The van der Waals surface area contributed by atoms with Crippen molar-refractivity contribution in [2.75, 3.05) is 0 Å². The number of rotatable bonds is 6. The molecular formula is C23H22ClN5O. The third-order valence-electron chi connectivity index (χ3n) is 4.84. The number of hydrogen-bond donors (Lipinski definition) is 1. The molecule has 0 aliphatic heterocycles. The Bertz CT molecular complexity index is 1180. The predicted octanol–water partition coefficient (Wildman–Crippen LogP) is 4.32. The highest BCUT2D eigenvalue weighted by Crippen LogP contribution is 2.20. The number of hydrogen-bond acceptors (Lipinski definition) is 3. The van der Waals surface area contributed by atoms with E-state index in [1.807, 2.05) is 49.0 Å². The molecule has 4 rings (SSSR count). The monoisotopic (exact) mass is 419 g/mol. The number of nitrogens with zero attached hydrogens (tertiary/aromatic N) is 4. The molecule has 2 aromatic carbocycles. The van der Waals surface area contributed by atoms with Crippen LogP contribution in [0.25, 0.3) is 5.69 Å². The number of benzene rings is 2. The van der Waals surface area contributed by atoms with Gasteiger partial charge in [0.25, 0.3) is 5.91 Å². The summed E-state index contributed by atoms with van der Waals surface area (Å²) in [6.07, 6.45) is 3.51. The fourth-order valence-corrected chi connectivity index (χ4v) is 3.58. The number of amides is 1. The topological polar surface area (TPSA) is 64.7 Å². The summed E-state index contributed by atoms with van der Waals surface area (Å²) in [4.78, 5) is 12.7. The van der Waals surface area contributed by atoms with Crippen molar-refractivity contribution < 1.29 is 4.79 Å². The van der Waals surface area contributed by atoms with Gasteiger partial charge in [-0.15, -0.1) is 0 Å². The Kier molecular flexibility index (Phi) is 5.68. The van der Waals surface area contributed by atoms with Crippen molar-refractivity contribution in [1.82, 2.24) is 24.9 Å². The van der Waals surface area contributed by atoms with E-state index in [2.05, 4.69) is 33.7 Å². The molecule has 0 saturated carbocycles. The third kappa shape index (κ3) is 4.44. The first-order valence-corrected chi connectivity index (χ1v) is 10.0. The zero-order chi connectivity index (χ0) is 21.1. The maximum atomic E-state index is 12.7. The average Bonchev–Trinajstić information content (AvgIpc) is 3.37. The van der Waals surface area contributed by atoms with Gasteiger partial charge in [-0.25, -0.2) is 4.68 Å². The number of halogens is 1. The lowest BCUT2D eigenvalue weighted by Crippen LogP contribution is -2.23. The second-order valence-electron chi connectivity index (χ2n) is 7.20. The van der Waals surface area contributed by atoms with E-state index >= 15 is 0 Å². The molecule has 1 N–H and O–H groups in total. The average molecular weight is 420 g/mol. The zero-order valence-corrected chi connectivity index (χ0v) is 17.6. The Morgan fingerprint density at radius 2 is 1.90 bits per heavy atom. The zero-order valence-electron chi connectivity index (χ0n) is 16.8. The van der Waals surface area contributed by atoms with Crippen LogP contribution in [0.3, 0.4) is 0 Å². The summed E-state index contributed by atoms with van der Waals surface area (Å²) in [6.45, 7) is 5.14. The second kappa shape index (κ2) is 8.55. The molecule has 30 heavy (non-hydrogen) atoms. The maximum Gasteiger partial charge on any atom is 0.253 e. The van der Waals surface area contributed by atoms with Crippen LogP contribution in [-0.4, -0.2) is 25.5 Å². The van der Waals surface area contributed by atoms with E-state index in [1.165, 1.54) is 0 Å². The van der Waals surface area contributed by atoms with Gasteiger partial charge in [0.2, 0.25) is 0 Å². The summed E-state index contributed by atoms with van der Waals surface area (Å²) < 4.78 is 3.67. The second-order valence-corrected chi connectivity index (χ2v) is 7.61. The van der Waals surface area contributed by atoms with Crippen molar-refractivity contribution in [2.24, 2.45) is 0 Å². The molecule has 1 amide bonds. The molecule has 152 valence electrons. The van der Waals surface area contributed by atoms with Gasteiger partial charge in [0, 0.05) is 24.6 Å². The van der Waals surface area contributed by atoms with E-state index < -0.39 is 0 Å². The Hall–Kier alpha value is -3.38. The fourth-order valence-electron chi connectivity index (χ4n) is 3.37. The quantitative estimate of drug-likeness (QED) is 0.506. The van der Waals surface area contributed by atoms with Gasteiger partial charge < -0.3 is 5.32 Å². The van der Waals surface area contributed by atoms with Crippen molar-refractivity contribution in [1.29, 1.82) is 0 Å². The summed E-state index contributed by atoms with van der Waals surface area (Å²) in [5.74, 6) is -0.224. The highest BCUT2D eigenvalue weighted by atomic mass is 35.5. The van der Waals surface area contributed by atoms with Crippen LogP contribution in [0.5, 0.6) is 0 Å². The SMILES string of the molecule is Cc1cc(C)n(Cc2cccc(CNC(=O)c3cc(-n4cccn4)ccc3Cl)c2)n1. The minimum Gasteiger partial charge on any atom is -0.348 e. The summed E-state index contributed by atoms with van der Waals surface area (Å²) in [5.41, 5.74) is 5.47. The molecule has 2 heterocycles. The molecule has 0 bridgehead atoms. The fraction of sp³-hybridized carbons (Fsp3) is 0.174. The van der Waals surface area contributed by atoms with E-state index in [-0.39, 0.29) is 5.91 Å². The largest absolute Gasteiger partial charge is 0.348 e. The first-order valence-electron chi connectivity index (χ1n) is 9.66. The number of aryl methyl sites for hydroxylation is 2. The van der Waals surface area contributed by atoms with Crippen LogP contribution < -0.4 is 5.32 Å². The highest BCUT2D eigenvalue weighted by molar-refractivity contribution is 6.33. The first-order chi connectivity index (χ1) is 14.5. The Balaban J connectivity index is 1.45. The molecule has 0 unspecified atom stereocenters. The van der Waals surface area contributed by atoms with Crippen LogP contribution in [0.2, 0.25) is 5.02 Å². The number of nitrogens with one attached hydrogen (secondary N) is 1. The molecule has 0 saturated heterocycles. The maximum absolute atomic E-state index is 12.7. The van der Waals surface area contributed by atoms with Gasteiger partial charge in [-0.2, -0.15) is 10.2 Å². The molecular weight excluding hydrogens is 398 g/mol. The molecule has 7 heteroatoms. The van der Waals surface area contributed by atoms with E-state index in [9.17, 15) is 4.79 Å². The minimum absolute atomic E-state index is 0.224. The molecule has 0 spiro atoms. The van der Waals surface area contributed by atoms with Crippen LogP contribution in [0.1, 0.15) is 32.9 Å². The van der Waals surface area contributed by atoms with Crippen molar-refractivity contribution in [2.45, 2.75) is 26.9 Å². The van der Waals surface area contributed by atoms with Crippen molar-refractivity contribution in [3.63, 3.8) is 0 Å². The van der Waals surface area contributed by atoms with Crippen LogP contribution >= 0.6 is 11.6 Å². The molecule has 0 fully saturated rings. The van der Waals surface area contributed by atoms with Crippen molar-refractivity contribution >= 4 is 17.5 Å². The number of carbonyl (C=O) groups excluding carboxylic acids is 1. The molecule has 0 radical (unpaired) electrons. The number of carbonyl (C=O) groups is 1. The van der Waals surface area contributed by atoms with Crippen LogP contribution in [-0.2, 0) is 13.1 Å². The molecule has 4 aromatic rings. The predicted molar refractivity (Wildman–Crippen MR) is 117 cm³/mol. The van der Waals surface area contributed by atoms with Gasteiger partial charge in [-0.3, -0.25) is 9.48 Å². The summed E-state index contributed by atoms with van der Waals surface area (Å²) in [5, 5.41) is 12.1. The molecule has 0 atom stereocenters. The molecule has 0 aliphatic carbocycles. The van der Waals surface area contributed by atoms with Crippen LogP contribution in [0.15, 0.2) is 67.0 Å². The van der Waals surface area contributed by atoms with E-state index in [1.54, 1.807) is 23.0 Å². The van der Waals surface area contributed by atoms with Crippen LogP contribution in [0, 0.1) is 13.8 Å². The summed E-state index contributed by atoms with van der Waals surface area (Å²) in [7, 11) is 0. The van der Waals surface area contributed by atoms with Crippen LogP contribution in [0.4, 0.5) is 0 Å². The molecule has 2 aromatic heterocycles. The van der Waals surface area contributed by atoms with Gasteiger partial charge in [0.15, 0.2) is 0 Å². The van der Waals surface area contributed by atoms with Gasteiger partial charge in [-0.1, -0.05) is 35.9 Å². The third-order valence-corrected chi connectivity index (χ3v) is 5.17. The minimum atomic E-state index is -0.224. The smallest absolute Gasteiger partial charge is 0.253 e. The lowest BCUT2D eigenvalue weighted by Gasteiger charge is -2.11. The van der Waals surface area contributed by atoms with E-state index in [0.717, 1.165) is 28.2 Å². The van der Waals surface area contributed by atoms with Gasteiger partial charge in [0.05, 0.1) is 28.5 Å². The van der Waals surface area contributed by atoms with Gasteiger partial charge in [-0.05, 0) is 55.3 Å². The van der Waals surface area contributed by atoms with Crippen molar-refractivity contribution in [3.05, 3.63) is 100 Å².